The number of ketones is 2. The number of carbonyl (C=O) groups is 2. The summed E-state index contributed by atoms with van der Waals surface area (Å²) in [5, 5.41) is 3.10. The summed E-state index contributed by atoms with van der Waals surface area (Å²) in [5.74, 6) is -0.0763. The summed E-state index contributed by atoms with van der Waals surface area (Å²) in [7, 11) is 0. The molecule has 21 heavy (non-hydrogen) atoms. The van der Waals surface area contributed by atoms with Crippen LogP contribution in [0, 0.1) is 17.4 Å². The summed E-state index contributed by atoms with van der Waals surface area (Å²) in [6, 6.07) is 7.82. The van der Waals surface area contributed by atoms with Gasteiger partial charge in [0.1, 0.15) is 0 Å². The predicted octanol–water partition coefficient (Wildman–Crippen LogP) is 3.73. The van der Waals surface area contributed by atoms with E-state index in [1.54, 1.807) is 6.92 Å². The van der Waals surface area contributed by atoms with Gasteiger partial charge in [-0.25, -0.2) is 0 Å². The second kappa shape index (κ2) is 6.43. The topological polar surface area (TPSA) is 62.0 Å². The van der Waals surface area contributed by atoms with E-state index in [1.807, 2.05) is 31.2 Å². The standard InChI is InChI=1S/C16H17IN2O2/c1-9-15(11(3)20)10(2)19-16(9)14(21)8-18-13-6-4-12(17)5-7-13/h4-7,18-19H,8H2,1-3H3. The first kappa shape index (κ1) is 15.8. The average Bonchev–Trinajstić information content (AvgIpc) is 2.73. The van der Waals surface area contributed by atoms with E-state index in [0.717, 1.165) is 20.5 Å². The molecule has 0 atom stereocenters. The highest BCUT2D eigenvalue weighted by molar-refractivity contribution is 14.1. The van der Waals surface area contributed by atoms with Gasteiger partial charge < -0.3 is 10.3 Å². The number of anilines is 1. The van der Waals surface area contributed by atoms with Crippen molar-refractivity contribution in [2.24, 2.45) is 0 Å². The van der Waals surface area contributed by atoms with Crippen molar-refractivity contribution in [3.63, 3.8) is 0 Å². The fourth-order valence-electron chi connectivity index (χ4n) is 2.40. The van der Waals surface area contributed by atoms with Crippen LogP contribution < -0.4 is 5.32 Å². The molecule has 0 aliphatic rings. The molecule has 5 heteroatoms. The van der Waals surface area contributed by atoms with Gasteiger partial charge in [0.2, 0.25) is 0 Å². The zero-order valence-corrected chi connectivity index (χ0v) is 14.4. The molecule has 0 aliphatic carbocycles. The van der Waals surface area contributed by atoms with Gasteiger partial charge in [0.15, 0.2) is 11.6 Å². The third-order valence-electron chi connectivity index (χ3n) is 3.37. The number of aromatic amines is 1. The summed E-state index contributed by atoms with van der Waals surface area (Å²) >= 11 is 2.23. The lowest BCUT2D eigenvalue weighted by atomic mass is 10.1. The zero-order chi connectivity index (χ0) is 15.6. The summed E-state index contributed by atoms with van der Waals surface area (Å²) < 4.78 is 1.14. The van der Waals surface area contributed by atoms with Gasteiger partial charge in [-0.05, 0) is 73.2 Å². The van der Waals surface area contributed by atoms with Gasteiger partial charge in [-0.2, -0.15) is 0 Å². The third-order valence-corrected chi connectivity index (χ3v) is 4.08. The summed E-state index contributed by atoms with van der Waals surface area (Å²) in [4.78, 5) is 26.9. The highest BCUT2D eigenvalue weighted by Gasteiger charge is 2.19. The lowest BCUT2D eigenvalue weighted by Gasteiger charge is -2.06. The number of carbonyl (C=O) groups excluding carboxylic acids is 2. The van der Waals surface area contributed by atoms with E-state index in [1.165, 1.54) is 6.92 Å². The molecular weight excluding hydrogens is 379 g/mol. The van der Waals surface area contributed by atoms with Gasteiger partial charge in [-0.15, -0.1) is 0 Å². The molecular formula is C16H17IN2O2. The van der Waals surface area contributed by atoms with E-state index in [-0.39, 0.29) is 18.1 Å². The number of rotatable bonds is 5. The van der Waals surface area contributed by atoms with E-state index >= 15 is 0 Å². The molecule has 1 heterocycles. The smallest absolute Gasteiger partial charge is 0.198 e. The molecule has 0 bridgehead atoms. The number of aryl methyl sites for hydroxylation is 1. The monoisotopic (exact) mass is 396 g/mol. The zero-order valence-electron chi connectivity index (χ0n) is 12.2. The van der Waals surface area contributed by atoms with Crippen LogP contribution in [-0.4, -0.2) is 23.1 Å². The first-order valence-electron chi connectivity index (χ1n) is 6.63. The molecule has 110 valence electrons. The number of hydrogen-bond donors (Lipinski definition) is 2. The van der Waals surface area contributed by atoms with Crippen LogP contribution in [0.2, 0.25) is 0 Å². The Kier molecular flexibility index (Phi) is 4.82. The Morgan fingerprint density at radius 3 is 2.33 bits per heavy atom. The van der Waals surface area contributed by atoms with Crippen LogP contribution in [0.5, 0.6) is 0 Å². The lowest BCUT2D eigenvalue weighted by molar-refractivity contribution is 0.1000. The van der Waals surface area contributed by atoms with Crippen molar-refractivity contribution < 1.29 is 9.59 Å². The van der Waals surface area contributed by atoms with Gasteiger partial charge in [0, 0.05) is 20.5 Å². The van der Waals surface area contributed by atoms with Crippen molar-refractivity contribution in [1.29, 1.82) is 0 Å². The number of benzene rings is 1. The Hall–Kier alpha value is -1.63. The Bertz CT molecular complexity index is 687. The molecule has 2 rings (SSSR count). The predicted molar refractivity (Wildman–Crippen MR) is 92.3 cm³/mol. The largest absolute Gasteiger partial charge is 0.378 e. The van der Waals surface area contributed by atoms with Crippen LogP contribution in [0.25, 0.3) is 0 Å². The van der Waals surface area contributed by atoms with Gasteiger partial charge in [0.05, 0.1) is 12.2 Å². The molecule has 2 N–H and O–H groups in total. The van der Waals surface area contributed by atoms with Gasteiger partial charge in [0.25, 0.3) is 0 Å². The normalized spacial score (nSPS) is 10.5. The van der Waals surface area contributed by atoms with Crippen LogP contribution in [0.15, 0.2) is 24.3 Å². The van der Waals surface area contributed by atoms with E-state index in [4.69, 9.17) is 0 Å². The van der Waals surface area contributed by atoms with Crippen LogP contribution in [0.1, 0.15) is 39.0 Å². The molecule has 0 amide bonds. The van der Waals surface area contributed by atoms with E-state index in [0.29, 0.717) is 11.3 Å². The quantitative estimate of drug-likeness (QED) is 0.598. The molecule has 0 radical (unpaired) electrons. The summed E-state index contributed by atoms with van der Waals surface area (Å²) in [5.41, 5.74) is 3.51. The minimum atomic E-state index is -0.0540. The van der Waals surface area contributed by atoms with Gasteiger partial charge in [-0.3, -0.25) is 9.59 Å². The summed E-state index contributed by atoms with van der Waals surface area (Å²) in [6.07, 6.45) is 0. The van der Waals surface area contributed by atoms with Crippen molar-refractivity contribution in [1.82, 2.24) is 4.98 Å². The fraction of sp³-hybridized carbons (Fsp3) is 0.250. The van der Waals surface area contributed by atoms with Gasteiger partial charge >= 0.3 is 0 Å². The third kappa shape index (κ3) is 3.53. The first-order chi connectivity index (χ1) is 9.90. The number of Topliss-reactive ketones (excluding diaryl/α,β-unsaturated/α-hetero) is 2. The molecule has 0 aliphatic heterocycles. The molecule has 4 nitrogen and oxygen atoms in total. The molecule has 0 saturated carbocycles. The molecule has 0 fully saturated rings. The van der Waals surface area contributed by atoms with E-state index in [9.17, 15) is 9.59 Å². The van der Waals surface area contributed by atoms with Crippen LogP contribution >= 0.6 is 22.6 Å². The Morgan fingerprint density at radius 1 is 1.19 bits per heavy atom. The maximum atomic E-state index is 12.3. The Labute approximate surface area is 137 Å². The number of halogens is 1. The van der Waals surface area contributed by atoms with Crippen molar-refractivity contribution in [3.8, 4) is 0 Å². The number of aromatic nitrogens is 1. The molecule has 1 aromatic carbocycles. The van der Waals surface area contributed by atoms with Crippen molar-refractivity contribution in [2.45, 2.75) is 20.8 Å². The SMILES string of the molecule is CC(=O)c1c(C)[nH]c(C(=O)CNc2ccc(I)cc2)c1C. The number of nitrogens with one attached hydrogen (secondary N) is 2. The number of H-pyrrole nitrogens is 1. The maximum absolute atomic E-state index is 12.3. The van der Waals surface area contributed by atoms with Crippen LogP contribution in [0.3, 0.4) is 0 Å². The summed E-state index contributed by atoms with van der Waals surface area (Å²) in [6.45, 7) is 5.32. The maximum Gasteiger partial charge on any atom is 0.198 e. The van der Waals surface area contributed by atoms with Crippen molar-refractivity contribution >= 4 is 39.8 Å². The lowest BCUT2D eigenvalue weighted by Crippen LogP contribution is -2.15. The first-order valence-corrected chi connectivity index (χ1v) is 7.70. The highest BCUT2D eigenvalue weighted by atomic mass is 127. The van der Waals surface area contributed by atoms with Crippen LogP contribution in [-0.2, 0) is 0 Å². The Morgan fingerprint density at radius 2 is 1.81 bits per heavy atom. The second-order valence-corrected chi connectivity index (χ2v) is 6.21. The van der Waals surface area contributed by atoms with E-state index in [2.05, 4.69) is 32.9 Å². The van der Waals surface area contributed by atoms with Gasteiger partial charge in [-0.1, -0.05) is 0 Å². The van der Waals surface area contributed by atoms with Crippen molar-refractivity contribution in [3.05, 3.63) is 50.4 Å². The van der Waals surface area contributed by atoms with Crippen molar-refractivity contribution in [2.75, 3.05) is 11.9 Å². The minimum Gasteiger partial charge on any atom is -0.378 e. The molecule has 1 aromatic heterocycles. The minimum absolute atomic E-state index is 0.0223. The van der Waals surface area contributed by atoms with E-state index < -0.39 is 0 Å². The average molecular weight is 396 g/mol. The second-order valence-electron chi connectivity index (χ2n) is 4.96. The van der Waals surface area contributed by atoms with Crippen LogP contribution in [0.4, 0.5) is 5.69 Å². The molecule has 0 unspecified atom stereocenters. The molecule has 0 saturated heterocycles. The highest BCUT2D eigenvalue weighted by Crippen LogP contribution is 2.19. The molecule has 2 aromatic rings. The number of hydrogen-bond acceptors (Lipinski definition) is 3. The molecule has 0 spiro atoms. The fourth-order valence-corrected chi connectivity index (χ4v) is 2.75. The Balaban J connectivity index is 2.12.